The van der Waals surface area contributed by atoms with Gasteiger partial charge >= 0.3 is 11.9 Å². The molecule has 3 rings (SSSR count). The third-order valence-corrected chi connectivity index (χ3v) is 9.65. The van der Waals surface area contributed by atoms with Crippen molar-refractivity contribution >= 4 is 11.9 Å². The van der Waals surface area contributed by atoms with Crippen LogP contribution in [0.3, 0.4) is 0 Å². The molecule has 0 amide bonds. The second-order valence-corrected chi connectivity index (χ2v) is 12.6. The number of aliphatic hydroxyl groups is 1. The second-order valence-electron chi connectivity index (χ2n) is 12.6. The number of carbonyl (C=O) groups is 2. The first-order chi connectivity index (χ1) is 17.8. The number of esters is 2. The highest BCUT2D eigenvalue weighted by Crippen LogP contribution is 2.70. The minimum absolute atomic E-state index is 0.00750. The fourth-order valence-electron chi connectivity index (χ4n) is 7.15. The Morgan fingerprint density at radius 1 is 1.05 bits per heavy atom. The quantitative estimate of drug-likeness (QED) is 0.108. The maximum Gasteiger partial charge on any atom is 0.334 e. The van der Waals surface area contributed by atoms with E-state index >= 15 is 0 Å². The molecular formula is C32H54O5. The Labute approximate surface area is 226 Å². The number of hydrogen-bond donors (Lipinski definition) is 1. The summed E-state index contributed by atoms with van der Waals surface area (Å²) in [6.45, 7) is 10.5. The minimum Gasteiger partial charge on any atom is -0.463 e. The highest BCUT2D eigenvalue weighted by atomic mass is 16.6. The van der Waals surface area contributed by atoms with E-state index in [0.29, 0.717) is 23.8 Å². The zero-order valence-electron chi connectivity index (χ0n) is 24.0. The third kappa shape index (κ3) is 8.83. The lowest BCUT2D eigenvalue weighted by atomic mass is 9.79. The van der Waals surface area contributed by atoms with Crippen LogP contribution in [0.5, 0.6) is 0 Å². The topological polar surface area (TPSA) is 72.8 Å². The maximum atomic E-state index is 12.3. The van der Waals surface area contributed by atoms with Gasteiger partial charge in [-0.1, -0.05) is 97.5 Å². The van der Waals surface area contributed by atoms with Crippen LogP contribution in [-0.2, 0) is 19.1 Å². The molecule has 0 aromatic rings. The number of carbonyl (C=O) groups excluding carboxylic acids is 2. The van der Waals surface area contributed by atoms with Gasteiger partial charge in [-0.15, -0.1) is 0 Å². The van der Waals surface area contributed by atoms with Crippen molar-refractivity contribution in [2.45, 2.75) is 155 Å². The van der Waals surface area contributed by atoms with E-state index in [9.17, 15) is 14.7 Å². The van der Waals surface area contributed by atoms with E-state index in [1.807, 2.05) is 6.92 Å². The summed E-state index contributed by atoms with van der Waals surface area (Å²) in [5.74, 6) is 0.911. The highest BCUT2D eigenvalue weighted by Gasteiger charge is 2.66. The number of hydrogen-bond acceptors (Lipinski definition) is 5. The lowest BCUT2D eigenvalue weighted by Gasteiger charge is -2.27. The van der Waals surface area contributed by atoms with Gasteiger partial charge in [0, 0.05) is 11.5 Å². The molecule has 0 aromatic heterocycles. The first kappa shape index (κ1) is 30.2. The van der Waals surface area contributed by atoms with E-state index in [2.05, 4.69) is 20.4 Å². The van der Waals surface area contributed by atoms with Gasteiger partial charge < -0.3 is 14.6 Å². The summed E-state index contributed by atoms with van der Waals surface area (Å²) in [5, 5.41) is 10.3. The first-order valence-electron chi connectivity index (χ1n) is 15.5. The summed E-state index contributed by atoms with van der Waals surface area (Å²) >= 11 is 0. The Kier molecular flexibility index (Phi) is 12.0. The monoisotopic (exact) mass is 518 g/mol. The van der Waals surface area contributed by atoms with E-state index in [1.165, 1.54) is 64.2 Å². The van der Waals surface area contributed by atoms with Crippen LogP contribution in [0.15, 0.2) is 12.2 Å². The van der Waals surface area contributed by atoms with Gasteiger partial charge in [0.15, 0.2) is 0 Å². The van der Waals surface area contributed by atoms with E-state index < -0.39 is 6.10 Å². The molecule has 3 fully saturated rings. The largest absolute Gasteiger partial charge is 0.463 e. The molecule has 1 heterocycles. The van der Waals surface area contributed by atoms with E-state index in [1.54, 1.807) is 0 Å². The van der Waals surface area contributed by atoms with E-state index in [0.717, 1.165) is 38.5 Å². The normalized spacial score (nSPS) is 29.8. The number of aliphatic hydroxyl groups excluding tert-OH is 1. The molecule has 212 valence electrons. The van der Waals surface area contributed by atoms with Gasteiger partial charge in [-0.2, -0.15) is 0 Å². The van der Waals surface area contributed by atoms with Crippen LogP contribution in [-0.4, -0.2) is 35.4 Å². The number of unbranched alkanes of at least 4 members (excludes halogenated alkanes) is 11. The van der Waals surface area contributed by atoms with Crippen LogP contribution in [0.25, 0.3) is 0 Å². The van der Waals surface area contributed by atoms with Crippen LogP contribution in [0.4, 0.5) is 0 Å². The summed E-state index contributed by atoms with van der Waals surface area (Å²) in [6.07, 6.45) is 19.4. The summed E-state index contributed by atoms with van der Waals surface area (Å²) < 4.78 is 11.2. The molecule has 0 radical (unpaired) electrons. The summed E-state index contributed by atoms with van der Waals surface area (Å²) in [5.41, 5.74) is 0.891. The SMILES string of the molecule is C=C1C(=O)O[C@@H]2C[C@]3(C)C(CC[C@@H](C)OC(=O)C[C@@H](O)CCCCCCCCCCCCCC)[C@@H]3C[C@H]12. The van der Waals surface area contributed by atoms with Crippen molar-refractivity contribution in [1.29, 1.82) is 0 Å². The Balaban J connectivity index is 1.17. The molecule has 37 heavy (non-hydrogen) atoms. The molecule has 1 unspecified atom stereocenters. The van der Waals surface area contributed by atoms with Gasteiger partial charge in [0.25, 0.3) is 0 Å². The lowest BCUT2D eigenvalue weighted by Crippen LogP contribution is -2.26. The van der Waals surface area contributed by atoms with Crippen LogP contribution < -0.4 is 0 Å². The van der Waals surface area contributed by atoms with Crippen molar-refractivity contribution in [2.75, 3.05) is 0 Å². The Hall–Kier alpha value is -1.36. The van der Waals surface area contributed by atoms with Crippen LogP contribution in [0.1, 0.15) is 136 Å². The van der Waals surface area contributed by atoms with Crippen LogP contribution >= 0.6 is 0 Å². The first-order valence-corrected chi connectivity index (χ1v) is 15.5. The van der Waals surface area contributed by atoms with Gasteiger partial charge in [0.05, 0.1) is 18.6 Å². The molecule has 0 bridgehead atoms. The maximum absolute atomic E-state index is 12.3. The van der Waals surface area contributed by atoms with Crippen molar-refractivity contribution in [3.8, 4) is 0 Å². The molecule has 0 aromatic carbocycles. The highest BCUT2D eigenvalue weighted by molar-refractivity contribution is 5.90. The summed E-state index contributed by atoms with van der Waals surface area (Å²) in [6, 6.07) is 0. The summed E-state index contributed by atoms with van der Waals surface area (Å²) in [4.78, 5) is 24.1. The van der Waals surface area contributed by atoms with E-state index in [-0.39, 0.29) is 41.9 Å². The number of ether oxygens (including phenoxy) is 2. The minimum atomic E-state index is -0.594. The van der Waals surface area contributed by atoms with Crippen LogP contribution in [0.2, 0.25) is 0 Å². The fraction of sp³-hybridized carbons (Fsp3) is 0.875. The van der Waals surface area contributed by atoms with E-state index in [4.69, 9.17) is 9.47 Å². The average Bonchev–Trinajstić information content (AvgIpc) is 3.33. The van der Waals surface area contributed by atoms with Crippen molar-refractivity contribution < 1.29 is 24.2 Å². The van der Waals surface area contributed by atoms with Gasteiger partial charge in [0.2, 0.25) is 0 Å². The van der Waals surface area contributed by atoms with Crippen molar-refractivity contribution in [2.24, 2.45) is 23.2 Å². The second kappa shape index (κ2) is 14.7. The molecule has 0 spiro atoms. The molecule has 7 atom stereocenters. The molecule has 5 heteroatoms. The van der Waals surface area contributed by atoms with Crippen molar-refractivity contribution in [3.63, 3.8) is 0 Å². The standard InChI is InChI=1S/C32H54O5/c1-5-6-7-8-9-10-11-12-13-14-15-16-17-25(33)20-30(34)36-23(2)18-19-27-28-21-26-24(3)31(35)37-29(26)22-32(27,28)4/h23,25-29,33H,3,5-22H2,1-2,4H3/t23-,25+,26-,27?,28+,29-,32-/m1/s1. The summed E-state index contributed by atoms with van der Waals surface area (Å²) in [7, 11) is 0. The van der Waals surface area contributed by atoms with Crippen molar-refractivity contribution in [3.05, 3.63) is 12.2 Å². The average molecular weight is 519 g/mol. The lowest BCUT2D eigenvalue weighted by molar-refractivity contribution is -0.151. The molecule has 1 N–H and O–H groups in total. The third-order valence-electron chi connectivity index (χ3n) is 9.65. The van der Waals surface area contributed by atoms with Gasteiger partial charge in [-0.25, -0.2) is 4.79 Å². The van der Waals surface area contributed by atoms with Gasteiger partial charge in [-0.05, 0) is 56.3 Å². The zero-order chi connectivity index (χ0) is 26.8. The molecule has 1 aliphatic heterocycles. The predicted molar refractivity (Wildman–Crippen MR) is 148 cm³/mol. The Bertz CT molecular complexity index is 747. The number of rotatable bonds is 19. The molecule has 5 nitrogen and oxygen atoms in total. The Morgan fingerprint density at radius 3 is 2.27 bits per heavy atom. The molecular weight excluding hydrogens is 464 g/mol. The molecule has 3 aliphatic rings. The predicted octanol–water partition coefficient (Wildman–Crippen LogP) is 7.68. The van der Waals surface area contributed by atoms with Gasteiger partial charge in [-0.3, -0.25) is 4.79 Å². The fourth-order valence-corrected chi connectivity index (χ4v) is 7.15. The molecule has 1 saturated heterocycles. The van der Waals surface area contributed by atoms with Crippen LogP contribution in [0, 0.1) is 23.2 Å². The number of fused-ring (bicyclic) bond motifs is 2. The molecule has 2 aliphatic carbocycles. The van der Waals surface area contributed by atoms with Gasteiger partial charge in [0.1, 0.15) is 6.10 Å². The zero-order valence-corrected chi connectivity index (χ0v) is 24.0. The Morgan fingerprint density at radius 2 is 1.65 bits per heavy atom. The smallest absolute Gasteiger partial charge is 0.334 e. The van der Waals surface area contributed by atoms with Crippen molar-refractivity contribution in [1.82, 2.24) is 0 Å². The molecule has 2 saturated carbocycles.